The number of carbonyl (C=O) groups excluding carboxylic acids is 1. The van der Waals surface area contributed by atoms with E-state index < -0.39 is 22.5 Å². The zero-order valence-electron chi connectivity index (χ0n) is 21.2. The van der Waals surface area contributed by atoms with Crippen LogP contribution in [0.2, 0.25) is 0 Å². The number of benzene rings is 3. The van der Waals surface area contributed by atoms with Crippen LogP contribution in [0.3, 0.4) is 0 Å². The molecule has 0 saturated heterocycles. The molecule has 0 atom stereocenters. The maximum absolute atomic E-state index is 12.4. The van der Waals surface area contributed by atoms with E-state index in [1.165, 1.54) is 18.3 Å². The highest BCUT2D eigenvalue weighted by Crippen LogP contribution is 2.25. The van der Waals surface area contributed by atoms with E-state index in [0.717, 1.165) is 29.0 Å². The van der Waals surface area contributed by atoms with Crippen LogP contribution in [0.4, 0.5) is 0 Å². The Balaban J connectivity index is 1.48. The number of aromatic nitrogens is 2. The Labute approximate surface area is 222 Å². The number of aryl methyl sites for hydroxylation is 1. The summed E-state index contributed by atoms with van der Waals surface area (Å²) in [5.74, 6) is 0.167. The van der Waals surface area contributed by atoms with Crippen molar-refractivity contribution in [3.05, 3.63) is 96.2 Å². The van der Waals surface area contributed by atoms with Gasteiger partial charge in [-0.05, 0) is 61.9 Å². The van der Waals surface area contributed by atoms with Gasteiger partial charge < -0.3 is 4.74 Å². The molecule has 10 heteroatoms. The molecule has 1 amide bonds. The van der Waals surface area contributed by atoms with Gasteiger partial charge in [0.15, 0.2) is 0 Å². The van der Waals surface area contributed by atoms with Crippen molar-refractivity contribution in [3.63, 3.8) is 0 Å². The van der Waals surface area contributed by atoms with E-state index in [0.29, 0.717) is 17.9 Å². The molecule has 3 aromatic carbocycles. The average molecular weight is 532 g/mol. The summed E-state index contributed by atoms with van der Waals surface area (Å²) in [6.07, 6.45) is 4.21. The summed E-state index contributed by atoms with van der Waals surface area (Å²) in [6, 6.07) is 23.6. The summed E-state index contributed by atoms with van der Waals surface area (Å²) < 4.78 is 34.5. The van der Waals surface area contributed by atoms with Gasteiger partial charge in [-0.3, -0.25) is 4.79 Å². The predicted molar refractivity (Wildman–Crippen MR) is 147 cm³/mol. The van der Waals surface area contributed by atoms with Gasteiger partial charge in [0.05, 0.1) is 29.9 Å². The molecule has 38 heavy (non-hydrogen) atoms. The topological polar surface area (TPSA) is 115 Å². The van der Waals surface area contributed by atoms with Gasteiger partial charge in [0.25, 0.3) is 5.91 Å². The maximum atomic E-state index is 12.4. The second-order valence-electron chi connectivity index (χ2n) is 8.52. The molecular weight excluding hydrogens is 502 g/mol. The first kappa shape index (κ1) is 26.8. The molecule has 0 unspecified atom stereocenters. The van der Waals surface area contributed by atoms with Gasteiger partial charge in [0.1, 0.15) is 11.4 Å². The fourth-order valence-electron chi connectivity index (χ4n) is 3.52. The van der Waals surface area contributed by atoms with Crippen molar-refractivity contribution < 1.29 is 17.9 Å². The van der Waals surface area contributed by atoms with Crippen molar-refractivity contribution >= 4 is 22.1 Å². The highest BCUT2D eigenvalue weighted by molar-refractivity contribution is 7.89. The first-order valence-corrected chi connectivity index (χ1v) is 13.6. The lowest BCUT2D eigenvalue weighted by molar-refractivity contribution is -0.119. The molecule has 0 aliphatic rings. The van der Waals surface area contributed by atoms with Crippen LogP contribution < -0.4 is 14.9 Å². The average Bonchev–Trinajstić information content (AvgIpc) is 3.36. The van der Waals surface area contributed by atoms with E-state index in [2.05, 4.69) is 15.2 Å². The van der Waals surface area contributed by atoms with Crippen molar-refractivity contribution in [2.75, 3.05) is 13.2 Å². The minimum Gasteiger partial charge on any atom is -0.494 e. The fraction of sp³-hybridized carbons (Fsp3) is 0.179. The molecule has 4 rings (SSSR count). The summed E-state index contributed by atoms with van der Waals surface area (Å²) in [7, 11) is -3.82. The van der Waals surface area contributed by atoms with E-state index in [1.807, 2.05) is 74.6 Å². The Bertz CT molecular complexity index is 1500. The molecule has 9 nitrogen and oxygen atoms in total. The molecule has 1 heterocycles. The summed E-state index contributed by atoms with van der Waals surface area (Å²) in [5, 5.41) is 8.77. The van der Waals surface area contributed by atoms with Gasteiger partial charge in [-0.1, -0.05) is 42.8 Å². The number of hydrogen-bond acceptors (Lipinski definition) is 6. The molecule has 0 aliphatic heterocycles. The van der Waals surface area contributed by atoms with Crippen molar-refractivity contribution in [2.24, 2.45) is 5.10 Å². The number of amides is 1. The third kappa shape index (κ3) is 6.93. The lowest BCUT2D eigenvalue weighted by Crippen LogP contribution is -2.34. The van der Waals surface area contributed by atoms with E-state index in [-0.39, 0.29) is 4.90 Å². The Morgan fingerprint density at radius 1 is 1.03 bits per heavy atom. The number of rotatable bonds is 11. The quantitative estimate of drug-likeness (QED) is 0.224. The van der Waals surface area contributed by atoms with Gasteiger partial charge in [-0.15, -0.1) is 0 Å². The minimum atomic E-state index is -3.82. The third-order valence-corrected chi connectivity index (χ3v) is 6.93. The minimum absolute atomic E-state index is 0.0866. The monoisotopic (exact) mass is 531 g/mol. The van der Waals surface area contributed by atoms with Crippen LogP contribution in [0.5, 0.6) is 5.75 Å². The number of ether oxygens (including phenoxy) is 1. The van der Waals surface area contributed by atoms with Gasteiger partial charge in [0.2, 0.25) is 10.0 Å². The van der Waals surface area contributed by atoms with Crippen molar-refractivity contribution in [1.29, 1.82) is 0 Å². The van der Waals surface area contributed by atoms with Gasteiger partial charge in [-0.25, -0.2) is 23.2 Å². The van der Waals surface area contributed by atoms with Crippen LogP contribution in [0.1, 0.15) is 24.5 Å². The van der Waals surface area contributed by atoms with Gasteiger partial charge >= 0.3 is 0 Å². The van der Waals surface area contributed by atoms with E-state index in [1.54, 1.807) is 16.8 Å². The van der Waals surface area contributed by atoms with Crippen molar-refractivity contribution in [3.8, 4) is 22.7 Å². The Morgan fingerprint density at radius 3 is 2.42 bits per heavy atom. The number of carbonyl (C=O) groups is 1. The molecular formula is C28H29N5O4S. The molecule has 0 fully saturated rings. The highest BCUT2D eigenvalue weighted by Gasteiger charge is 2.15. The zero-order valence-corrected chi connectivity index (χ0v) is 22.0. The number of nitrogens with zero attached hydrogens (tertiary/aromatic N) is 3. The lowest BCUT2D eigenvalue weighted by atomic mass is 10.1. The maximum Gasteiger partial charge on any atom is 0.255 e. The SMILES string of the molecule is CCCOc1ccc(-c2nn(-c3ccccc3)cc2C=NNC(=O)CNS(=O)(=O)c2ccc(C)cc2)cc1. The van der Waals surface area contributed by atoms with Crippen LogP contribution in [0.15, 0.2) is 95.1 Å². The molecule has 0 bridgehead atoms. The van der Waals surface area contributed by atoms with Crippen molar-refractivity contribution in [1.82, 2.24) is 19.9 Å². The van der Waals surface area contributed by atoms with Crippen LogP contribution in [0.25, 0.3) is 16.9 Å². The van der Waals surface area contributed by atoms with Gasteiger partial charge in [0, 0.05) is 17.3 Å². The van der Waals surface area contributed by atoms with Crippen LogP contribution in [-0.4, -0.2) is 43.5 Å². The Morgan fingerprint density at radius 2 is 1.74 bits per heavy atom. The molecule has 0 spiro atoms. The van der Waals surface area contributed by atoms with Crippen LogP contribution >= 0.6 is 0 Å². The molecule has 1 aromatic heterocycles. The van der Waals surface area contributed by atoms with Crippen LogP contribution in [0, 0.1) is 6.92 Å². The highest BCUT2D eigenvalue weighted by atomic mass is 32.2. The fourth-order valence-corrected chi connectivity index (χ4v) is 4.50. The molecule has 0 radical (unpaired) electrons. The third-order valence-electron chi connectivity index (χ3n) is 5.51. The number of nitrogens with one attached hydrogen (secondary N) is 2. The summed E-state index contributed by atoms with van der Waals surface area (Å²) in [5.41, 5.74) is 6.35. The van der Waals surface area contributed by atoms with Gasteiger partial charge in [-0.2, -0.15) is 10.2 Å². The first-order chi connectivity index (χ1) is 18.4. The summed E-state index contributed by atoms with van der Waals surface area (Å²) in [6.45, 7) is 4.10. The standard InChI is InChI=1S/C28H29N5O4S/c1-3-17-37-25-13-11-22(12-14-25)28-23(20-33(32-28)24-7-5-4-6-8-24)18-29-31-27(34)19-30-38(35,36)26-15-9-21(2)10-16-26/h4-16,18,20,30H,3,17,19H2,1-2H3,(H,31,34). The summed E-state index contributed by atoms with van der Waals surface area (Å²) in [4.78, 5) is 12.4. The molecule has 196 valence electrons. The first-order valence-electron chi connectivity index (χ1n) is 12.1. The molecule has 4 aromatic rings. The molecule has 2 N–H and O–H groups in total. The lowest BCUT2D eigenvalue weighted by Gasteiger charge is -2.06. The smallest absolute Gasteiger partial charge is 0.255 e. The largest absolute Gasteiger partial charge is 0.494 e. The molecule has 0 aliphatic carbocycles. The Kier molecular flexibility index (Phi) is 8.67. The number of sulfonamides is 1. The second-order valence-corrected chi connectivity index (χ2v) is 10.3. The number of hydrogen-bond donors (Lipinski definition) is 2. The number of hydrazone groups is 1. The predicted octanol–water partition coefficient (Wildman–Crippen LogP) is 4.07. The molecule has 0 saturated carbocycles. The zero-order chi connectivity index (χ0) is 27.0. The second kappa shape index (κ2) is 12.3. The van der Waals surface area contributed by atoms with E-state index in [4.69, 9.17) is 9.84 Å². The normalized spacial score (nSPS) is 11.5. The Hall–Kier alpha value is -4.28. The van der Waals surface area contributed by atoms with E-state index in [9.17, 15) is 13.2 Å². The van der Waals surface area contributed by atoms with Crippen LogP contribution in [-0.2, 0) is 14.8 Å². The summed E-state index contributed by atoms with van der Waals surface area (Å²) >= 11 is 0. The number of para-hydroxylation sites is 1. The van der Waals surface area contributed by atoms with E-state index >= 15 is 0 Å². The van der Waals surface area contributed by atoms with Crippen molar-refractivity contribution in [2.45, 2.75) is 25.2 Å².